The van der Waals surface area contributed by atoms with Crippen molar-refractivity contribution in [3.05, 3.63) is 11.6 Å². The van der Waals surface area contributed by atoms with E-state index >= 15 is 0 Å². The molecule has 0 bridgehead atoms. The lowest BCUT2D eigenvalue weighted by molar-refractivity contribution is -0.145. The summed E-state index contributed by atoms with van der Waals surface area (Å²) in [5.41, 5.74) is -0.735. The summed E-state index contributed by atoms with van der Waals surface area (Å²) < 4.78 is 0. The molecule has 0 aliphatic heterocycles. The van der Waals surface area contributed by atoms with E-state index in [1.165, 1.54) is 0 Å². The number of nitrogens with zero attached hydrogens (tertiary/aromatic N) is 1. The molecule has 0 amide bonds. The van der Waals surface area contributed by atoms with Gasteiger partial charge in [-0.3, -0.25) is 4.79 Å². The molecule has 14 heavy (non-hydrogen) atoms. The number of aliphatic carboxylic acids is 1. The van der Waals surface area contributed by atoms with E-state index in [0.717, 1.165) is 6.42 Å². The number of rotatable bonds is 4. The van der Waals surface area contributed by atoms with Gasteiger partial charge in [-0.25, -0.2) is 0 Å². The molecule has 0 radical (unpaired) electrons. The van der Waals surface area contributed by atoms with Gasteiger partial charge in [0, 0.05) is 0 Å². The third-order valence-electron chi connectivity index (χ3n) is 2.51. The van der Waals surface area contributed by atoms with E-state index < -0.39 is 11.4 Å². The predicted octanol–water partition coefficient (Wildman–Crippen LogP) is 2.59. The Hall–Kier alpha value is -1.30. The van der Waals surface area contributed by atoms with Crippen molar-refractivity contribution in [2.45, 2.75) is 34.1 Å². The molecule has 3 heteroatoms. The first-order valence-electron chi connectivity index (χ1n) is 4.75. The van der Waals surface area contributed by atoms with Crippen molar-refractivity contribution in [2.75, 3.05) is 0 Å². The van der Waals surface area contributed by atoms with Gasteiger partial charge in [0.05, 0.1) is 6.07 Å². The summed E-state index contributed by atoms with van der Waals surface area (Å²) in [7, 11) is 0. The highest BCUT2D eigenvalue weighted by Crippen LogP contribution is 2.35. The smallest absolute Gasteiger partial charge is 0.328 e. The van der Waals surface area contributed by atoms with Crippen LogP contribution in [-0.4, -0.2) is 11.1 Å². The number of allylic oxidation sites excluding steroid dienone is 1. The average molecular weight is 195 g/mol. The SMILES string of the molecule is CC/C=C(\C)C(C#N)(C(=O)O)C(C)C. The molecule has 1 N–H and O–H groups in total. The molecule has 0 aromatic heterocycles. The molecule has 0 aromatic carbocycles. The zero-order chi connectivity index (χ0) is 11.4. The predicted molar refractivity (Wildman–Crippen MR) is 54.6 cm³/mol. The maximum absolute atomic E-state index is 11.1. The van der Waals surface area contributed by atoms with Crippen LogP contribution in [0.25, 0.3) is 0 Å². The Bertz CT molecular complexity index is 286. The fraction of sp³-hybridized carbons (Fsp3) is 0.636. The largest absolute Gasteiger partial charge is 0.480 e. The fourth-order valence-corrected chi connectivity index (χ4v) is 1.60. The van der Waals surface area contributed by atoms with Gasteiger partial charge in [0.25, 0.3) is 0 Å². The lowest BCUT2D eigenvalue weighted by atomic mass is 9.72. The summed E-state index contributed by atoms with van der Waals surface area (Å²) in [6, 6.07) is 1.93. The van der Waals surface area contributed by atoms with Crippen LogP contribution in [0.2, 0.25) is 0 Å². The second kappa shape index (κ2) is 4.80. The lowest BCUT2D eigenvalue weighted by Crippen LogP contribution is -2.36. The molecular weight excluding hydrogens is 178 g/mol. The van der Waals surface area contributed by atoms with Crippen LogP contribution in [0.3, 0.4) is 0 Å². The summed E-state index contributed by atoms with van der Waals surface area (Å²) in [4.78, 5) is 11.1. The molecular formula is C11H17NO2. The van der Waals surface area contributed by atoms with Crippen molar-refractivity contribution >= 4 is 5.97 Å². The van der Waals surface area contributed by atoms with Gasteiger partial charge in [0.2, 0.25) is 0 Å². The van der Waals surface area contributed by atoms with Gasteiger partial charge in [-0.05, 0) is 24.8 Å². The van der Waals surface area contributed by atoms with Crippen molar-refractivity contribution < 1.29 is 9.90 Å². The molecule has 0 saturated heterocycles. The Morgan fingerprint density at radius 1 is 1.64 bits per heavy atom. The molecule has 78 valence electrons. The second-order valence-electron chi connectivity index (χ2n) is 3.68. The number of hydrogen-bond donors (Lipinski definition) is 1. The third-order valence-corrected chi connectivity index (χ3v) is 2.51. The van der Waals surface area contributed by atoms with Crippen molar-refractivity contribution in [1.82, 2.24) is 0 Å². The summed E-state index contributed by atoms with van der Waals surface area (Å²) in [6.07, 6.45) is 2.55. The number of hydrogen-bond acceptors (Lipinski definition) is 2. The zero-order valence-corrected chi connectivity index (χ0v) is 9.16. The second-order valence-corrected chi connectivity index (χ2v) is 3.68. The molecule has 1 unspecified atom stereocenters. The van der Waals surface area contributed by atoms with Crippen LogP contribution >= 0.6 is 0 Å². The maximum atomic E-state index is 11.1. The first kappa shape index (κ1) is 12.7. The van der Waals surface area contributed by atoms with Crippen molar-refractivity contribution in [3.63, 3.8) is 0 Å². The van der Waals surface area contributed by atoms with Gasteiger partial charge in [0.1, 0.15) is 0 Å². The minimum Gasteiger partial charge on any atom is -0.480 e. The Kier molecular flexibility index (Phi) is 4.36. The minimum atomic E-state index is -1.37. The molecule has 0 fully saturated rings. The van der Waals surface area contributed by atoms with Gasteiger partial charge in [0.15, 0.2) is 5.41 Å². The molecule has 0 spiro atoms. The van der Waals surface area contributed by atoms with Crippen LogP contribution in [0.5, 0.6) is 0 Å². The molecule has 0 aliphatic rings. The van der Waals surface area contributed by atoms with Crippen LogP contribution in [0.1, 0.15) is 34.1 Å². The van der Waals surface area contributed by atoms with E-state index in [9.17, 15) is 4.79 Å². The van der Waals surface area contributed by atoms with Crippen LogP contribution < -0.4 is 0 Å². The monoisotopic (exact) mass is 195 g/mol. The Balaban J connectivity index is 5.40. The highest BCUT2D eigenvalue weighted by atomic mass is 16.4. The van der Waals surface area contributed by atoms with Crippen LogP contribution in [0.15, 0.2) is 11.6 Å². The minimum absolute atomic E-state index is 0.229. The van der Waals surface area contributed by atoms with Crippen LogP contribution in [0.4, 0.5) is 0 Å². The lowest BCUT2D eigenvalue weighted by Gasteiger charge is -2.26. The zero-order valence-electron chi connectivity index (χ0n) is 9.16. The quantitative estimate of drug-likeness (QED) is 0.701. The van der Waals surface area contributed by atoms with E-state index in [1.807, 2.05) is 13.0 Å². The highest BCUT2D eigenvalue weighted by Gasteiger charge is 2.43. The van der Waals surface area contributed by atoms with E-state index in [4.69, 9.17) is 10.4 Å². The number of carbonyl (C=O) groups is 1. The summed E-state index contributed by atoms with van der Waals surface area (Å²) in [5.74, 6) is -1.29. The average Bonchev–Trinajstić information content (AvgIpc) is 2.05. The van der Waals surface area contributed by atoms with Gasteiger partial charge >= 0.3 is 5.97 Å². The van der Waals surface area contributed by atoms with Gasteiger partial charge in [-0.1, -0.05) is 26.8 Å². The Labute approximate surface area is 85.0 Å². The molecule has 0 aromatic rings. The van der Waals surface area contributed by atoms with E-state index in [1.54, 1.807) is 26.8 Å². The molecule has 0 saturated carbocycles. The first-order valence-corrected chi connectivity index (χ1v) is 4.75. The van der Waals surface area contributed by atoms with Gasteiger partial charge in [-0.15, -0.1) is 0 Å². The fourth-order valence-electron chi connectivity index (χ4n) is 1.60. The van der Waals surface area contributed by atoms with Crippen molar-refractivity contribution in [3.8, 4) is 6.07 Å². The summed E-state index contributed by atoms with van der Waals surface area (Å²) in [6.45, 7) is 7.14. The highest BCUT2D eigenvalue weighted by molar-refractivity contribution is 5.82. The van der Waals surface area contributed by atoms with E-state index in [2.05, 4.69) is 0 Å². The molecule has 1 atom stereocenters. The summed E-state index contributed by atoms with van der Waals surface area (Å²) in [5, 5.41) is 18.2. The molecule has 0 rings (SSSR count). The molecule has 3 nitrogen and oxygen atoms in total. The number of nitriles is 1. The standard InChI is InChI=1S/C11H17NO2/c1-5-6-9(4)11(7-12,8(2)3)10(13)14/h6,8H,5H2,1-4H3,(H,13,14)/b9-6+. The summed E-state index contributed by atoms with van der Waals surface area (Å²) >= 11 is 0. The Morgan fingerprint density at radius 3 is 2.36 bits per heavy atom. The third kappa shape index (κ3) is 1.95. The van der Waals surface area contributed by atoms with E-state index in [-0.39, 0.29) is 5.92 Å². The number of carboxylic acids is 1. The maximum Gasteiger partial charge on any atom is 0.328 e. The Morgan fingerprint density at radius 2 is 2.14 bits per heavy atom. The first-order chi connectivity index (χ1) is 6.43. The van der Waals surface area contributed by atoms with Gasteiger partial charge in [-0.2, -0.15) is 5.26 Å². The topological polar surface area (TPSA) is 61.1 Å². The van der Waals surface area contributed by atoms with Gasteiger partial charge < -0.3 is 5.11 Å². The van der Waals surface area contributed by atoms with Crippen LogP contribution in [-0.2, 0) is 4.79 Å². The normalized spacial score (nSPS) is 16.1. The van der Waals surface area contributed by atoms with Crippen molar-refractivity contribution in [2.24, 2.45) is 11.3 Å². The molecule has 0 heterocycles. The van der Waals surface area contributed by atoms with E-state index in [0.29, 0.717) is 5.57 Å². The number of carboxylic acid groups (broad SMARTS) is 1. The van der Waals surface area contributed by atoms with Crippen LogP contribution in [0, 0.1) is 22.7 Å². The molecule has 0 aliphatic carbocycles. The van der Waals surface area contributed by atoms with Crippen molar-refractivity contribution in [1.29, 1.82) is 5.26 Å².